The van der Waals surface area contributed by atoms with Crippen molar-refractivity contribution in [2.75, 3.05) is 26.1 Å². The number of rotatable bonds is 5. The molecule has 0 spiro atoms. The normalized spacial score (nSPS) is 10.0. The zero-order valence-electron chi connectivity index (χ0n) is 12.3. The Hall–Kier alpha value is -2.63. The van der Waals surface area contributed by atoms with Gasteiger partial charge in [0.15, 0.2) is 0 Å². The molecule has 0 saturated carbocycles. The maximum absolute atomic E-state index is 12.1. The van der Waals surface area contributed by atoms with Gasteiger partial charge in [-0.1, -0.05) is 6.07 Å². The number of nitrogens with one attached hydrogen (secondary N) is 1. The highest BCUT2D eigenvalue weighted by Gasteiger charge is 2.07. The zero-order valence-corrected chi connectivity index (χ0v) is 12.3. The summed E-state index contributed by atoms with van der Waals surface area (Å²) in [6.07, 6.45) is 1.68. The van der Waals surface area contributed by atoms with E-state index >= 15 is 0 Å². The first-order valence-corrected chi connectivity index (χ1v) is 6.51. The second-order valence-corrected chi connectivity index (χ2v) is 4.66. The molecule has 1 amide bonds. The van der Waals surface area contributed by atoms with Crippen molar-refractivity contribution in [2.45, 2.75) is 6.54 Å². The summed E-state index contributed by atoms with van der Waals surface area (Å²) in [6, 6.07) is 8.79. The second kappa shape index (κ2) is 6.69. The summed E-state index contributed by atoms with van der Waals surface area (Å²) in [7, 11) is 5.31. The lowest BCUT2D eigenvalue weighted by molar-refractivity contribution is 0.0950. The Morgan fingerprint density at radius 3 is 2.86 bits per heavy atom. The number of nitrogens with zero attached hydrogens (tertiary/aromatic N) is 3. The molecule has 6 heteroatoms. The van der Waals surface area contributed by atoms with Crippen molar-refractivity contribution in [1.29, 1.82) is 0 Å². The molecule has 0 saturated heterocycles. The van der Waals surface area contributed by atoms with E-state index in [0.29, 0.717) is 23.8 Å². The average Bonchev–Trinajstić information content (AvgIpc) is 2.53. The molecule has 2 rings (SSSR count). The van der Waals surface area contributed by atoms with Crippen LogP contribution < -0.4 is 15.0 Å². The number of aromatic nitrogens is 2. The fourth-order valence-corrected chi connectivity index (χ4v) is 1.74. The third-order valence-electron chi connectivity index (χ3n) is 2.86. The topological polar surface area (TPSA) is 67.3 Å². The standard InChI is InChI=1S/C15H18N4O2/c1-19(2)15-16-8-7-12(18-15)10-17-14(20)11-5-4-6-13(9-11)21-3/h4-9H,10H2,1-3H3,(H,17,20). The Bertz CT molecular complexity index is 629. The van der Waals surface area contributed by atoms with Crippen LogP contribution in [-0.2, 0) is 6.54 Å². The van der Waals surface area contributed by atoms with Crippen LogP contribution in [-0.4, -0.2) is 37.1 Å². The molecule has 1 aromatic heterocycles. The molecular formula is C15H18N4O2. The largest absolute Gasteiger partial charge is 0.497 e. The van der Waals surface area contributed by atoms with E-state index in [1.165, 1.54) is 0 Å². The van der Waals surface area contributed by atoms with Crippen molar-refractivity contribution < 1.29 is 9.53 Å². The van der Waals surface area contributed by atoms with E-state index < -0.39 is 0 Å². The lowest BCUT2D eigenvalue weighted by Gasteiger charge is -2.11. The van der Waals surface area contributed by atoms with Gasteiger partial charge < -0.3 is 15.0 Å². The molecule has 1 heterocycles. The van der Waals surface area contributed by atoms with Crippen molar-refractivity contribution in [1.82, 2.24) is 15.3 Å². The van der Waals surface area contributed by atoms with Gasteiger partial charge in [0, 0.05) is 25.9 Å². The number of methoxy groups -OCH3 is 1. The van der Waals surface area contributed by atoms with Crippen LogP contribution in [0, 0.1) is 0 Å². The van der Waals surface area contributed by atoms with E-state index in [1.807, 2.05) is 19.0 Å². The first-order valence-electron chi connectivity index (χ1n) is 6.51. The first kappa shape index (κ1) is 14.8. The van der Waals surface area contributed by atoms with E-state index in [-0.39, 0.29) is 5.91 Å². The summed E-state index contributed by atoms with van der Waals surface area (Å²) < 4.78 is 5.10. The van der Waals surface area contributed by atoms with Gasteiger partial charge in [-0.2, -0.15) is 0 Å². The van der Waals surface area contributed by atoms with Gasteiger partial charge in [-0.05, 0) is 24.3 Å². The van der Waals surface area contributed by atoms with Gasteiger partial charge >= 0.3 is 0 Å². The lowest BCUT2D eigenvalue weighted by Crippen LogP contribution is -2.24. The van der Waals surface area contributed by atoms with E-state index in [2.05, 4.69) is 15.3 Å². The van der Waals surface area contributed by atoms with Crippen LogP contribution in [0.15, 0.2) is 36.5 Å². The van der Waals surface area contributed by atoms with Crippen LogP contribution in [0.1, 0.15) is 16.1 Å². The maximum Gasteiger partial charge on any atom is 0.251 e. The smallest absolute Gasteiger partial charge is 0.251 e. The van der Waals surface area contributed by atoms with Gasteiger partial charge in [0.25, 0.3) is 5.91 Å². The Labute approximate surface area is 123 Å². The fraction of sp³-hybridized carbons (Fsp3) is 0.267. The minimum atomic E-state index is -0.168. The summed E-state index contributed by atoms with van der Waals surface area (Å²) in [4.78, 5) is 22.4. The molecule has 0 atom stereocenters. The highest BCUT2D eigenvalue weighted by molar-refractivity contribution is 5.94. The van der Waals surface area contributed by atoms with Crippen LogP contribution in [0.4, 0.5) is 5.95 Å². The molecule has 0 aliphatic carbocycles. The van der Waals surface area contributed by atoms with Gasteiger partial charge in [0.2, 0.25) is 5.95 Å². The van der Waals surface area contributed by atoms with E-state index in [4.69, 9.17) is 4.74 Å². The Kier molecular flexibility index (Phi) is 4.71. The molecule has 110 valence electrons. The fourth-order valence-electron chi connectivity index (χ4n) is 1.74. The van der Waals surface area contributed by atoms with Gasteiger partial charge in [-0.15, -0.1) is 0 Å². The minimum absolute atomic E-state index is 0.168. The highest BCUT2D eigenvalue weighted by atomic mass is 16.5. The summed E-state index contributed by atoms with van der Waals surface area (Å²) in [5.74, 6) is 1.10. The molecule has 21 heavy (non-hydrogen) atoms. The van der Waals surface area contributed by atoms with E-state index in [0.717, 1.165) is 5.69 Å². The number of amides is 1. The summed E-state index contributed by atoms with van der Waals surface area (Å²) in [6.45, 7) is 0.347. The highest BCUT2D eigenvalue weighted by Crippen LogP contribution is 2.12. The first-order chi connectivity index (χ1) is 10.1. The van der Waals surface area contributed by atoms with Gasteiger partial charge in [0.05, 0.1) is 19.3 Å². The van der Waals surface area contributed by atoms with E-state index in [1.54, 1.807) is 43.6 Å². The monoisotopic (exact) mass is 286 g/mol. The predicted octanol–water partition coefficient (Wildman–Crippen LogP) is 1.48. The molecule has 0 radical (unpaired) electrons. The predicted molar refractivity (Wildman–Crippen MR) is 80.5 cm³/mol. The van der Waals surface area contributed by atoms with Crippen LogP contribution in [0.2, 0.25) is 0 Å². The third kappa shape index (κ3) is 3.92. The Morgan fingerprint density at radius 2 is 2.14 bits per heavy atom. The van der Waals surface area contributed by atoms with Crippen LogP contribution in [0.5, 0.6) is 5.75 Å². The van der Waals surface area contributed by atoms with Crippen LogP contribution in [0.3, 0.4) is 0 Å². The number of carbonyl (C=O) groups is 1. The third-order valence-corrected chi connectivity index (χ3v) is 2.86. The van der Waals surface area contributed by atoms with Gasteiger partial charge in [0.1, 0.15) is 5.75 Å². The zero-order chi connectivity index (χ0) is 15.2. The Balaban J connectivity index is 2.02. The second-order valence-electron chi connectivity index (χ2n) is 4.66. The SMILES string of the molecule is COc1cccc(C(=O)NCc2ccnc(N(C)C)n2)c1. The average molecular weight is 286 g/mol. The Morgan fingerprint density at radius 1 is 1.33 bits per heavy atom. The number of carbonyl (C=O) groups excluding carboxylic acids is 1. The molecule has 2 aromatic rings. The van der Waals surface area contributed by atoms with Crippen molar-refractivity contribution in [3.05, 3.63) is 47.8 Å². The van der Waals surface area contributed by atoms with Crippen molar-refractivity contribution >= 4 is 11.9 Å². The van der Waals surface area contributed by atoms with E-state index in [9.17, 15) is 4.79 Å². The van der Waals surface area contributed by atoms with Gasteiger partial charge in [-0.25, -0.2) is 9.97 Å². The molecular weight excluding hydrogens is 268 g/mol. The molecule has 1 N–H and O–H groups in total. The summed E-state index contributed by atoms with van der Waals surface area (Å²) in [5.41, 5.74) is 1.31. The number of ether oxygens (including phenoxy) is 1. The molecule has 0 fully saturated rings. The van der Waals surface area contributed by atoms with Crippen molar-refractivity contribution in [3.8, 4) is 5.75 Å². The number of benzene rings is 1. The van der Waals surface area contributed by atoms with Gasteiger partial charge in [-0.3, -0.25) is 4.79 Å². The van der Waals surface area contributed by atoms with Crippen LogP contribution >= 0.6 is 0 Å². The molecule has 0 bridgehead atoms. The summed E-state index contributed by atoms with van der Waals surface area (Å²) >= 11 is 0. The lowest BCUT2D eigenvalue weighted by atomic mass is 10.2. The van der Waals surface area contributed by atoms with Crippen molar-refractivity contribution in [2.24, 2.45) is 0 Å². The number of hydrogen-bond acceptors (Lipinski definition) is 5. The number of anilines is 1. The minimum Gasteiger partial charge on any atom is -0.497 e. The van der Waals surface area contributed by atoms with Crippen molar-refractivity contribution in [3.63, 3.8) is 0 Å². The molecule has 0 aliphatic rings. The number of hydrogen-bond donors (Lipinski definition) is 1. The molecule has 0 aliphatic heterocycles. The molecule has 0 unspecified atom stereocenters. The quantitative estimate of drug-likeness (QED) is 0.901. The molecule has 1 aromatic carbocycles. The molecule has 6 nitrogen and oxygen atoms in total. The van der Waals surface area contributed by atoms with Crippen LogP contribution in [0.25, 0.3) is 0 Å². The maximum atomic E-state index is 12.1. The summed E-state index contributed by atoms with van der Waals surface area (Å²) in [5, 5.41) is 2.83.